The van der Waals surface area contributed by atoms with Gasteiger partial charge in [0.1, 0.15) is 0 Å². The van der Waals surface area contributed by atoms with E-state index in [1.54, 1.807) is 6.07 Å². The summed E-state index contributed by atoms with van der Waals surface area (Å²) in [5.41, 5.74) is 9.00. The molecule has 1 amide bonds. The Labute approximate surface area is 109 Å². The maximum atomic E-state index is 12.1. The molecule has 0 fully saturated rings. The van der Waals surface area contributed by atoms with Crippen LogP contribution in [0.4, 0.5) is 5.69 Å². The van der Waals surface area contributed by atoms with E-state index >= 15 is 0 Å². The summed E-state index contributed by atoms with van der Waals surface area (Å²) in [5.74, 6) is 2.46. The van der Waals surface area contributed by atoms with Gasteiger partial charge in [-0.25, -0.2) is 0 Å². The van der Waals surface area contributed by atoms with Crippen molar-refractivity contribution in [2.24, 2.45) is 0 Å². The molecule has 0 spiro atoms. The highest BCUT2D eigenvalue weighted by Crippen LogP contribution is 2.18. The van der Waals surface area contributed by atoms with Gasteiger partial charge in [-0.05, 0) is 37.5 Å². The molecule has 0 radical (unpaired) electrons. The van der Waals surface area contributed by atoms with E-state index in [1.807, 2.05) is 26.8 Å². The predicted molar refractivity (Wildman–Crippen MR) is 75.3 cm³/mol. The van der Waals surface area contributed by atoms with Gasteiger partial charge in [-0.15, -0.1) is 12.3 Å². The van der Waals surface area contributed by atoms with Crippen molar-refractivity contribution < 1.29 is 4.79 Å². The Balaban J connectivity index is 2.91. The normalized spacial score (nSPS) is 11.7. The number of benzene rings is 1. The molecule has 18 heavy (non-hydrogen) atoms. The van der Waals surface area contributed by atoms with Gasteiger partial charge in [-0.1, -0.05) is 13.0 Å². The predicted octanol–water partition coefficient (Wildman–Crippen LogP) is 2.42. The Morgan fingerprint density at radius 2 is 2.11 bits per heavy atom. The molecule has 0 aromatic heterocycles. The molecule has 1 rings (SSSR count). The summed E-state index contributed by atoms with van der Waals surface area (Å²) in [7, 11) is 0. The Morgan fingerprint density at radius 1 is 1.44 bits per heavy atom. The van der Waals surface area contributed by atoms with E-state index in [-0.39, 0.29) is 11.9 Å². The monoisotopic (exact) mass is 244 g/mol. The standard InChI is InChI=1S/C15H20N2O/c1-5-7-12(6-2)17-15(18)13-9-14(16)11(4)8-10(13)3/h1,8-9,12H,6-7,16H2,2-4H3,(H,17,18). The van der Waals surface area contributed by atoms with Gasteiger partial charge in [0, 0.05) is 23.7 Å². The van der Waals surface area contributed by atoms with Gasteiger partial charge in [0.25, 0.3) is 5.91 Å². The summed E-state index contributed by atoms with van der Waals surface area (Å²) in [6.45, 7) is 5.83. The van der Waals surface area contributed by atoms with Crippen molar-refractivity contribution in [1.82, 2.24) is 5.32 Å². The molecule has 0 saturated carbocycles. The number of anilines is 1. The first kappa shape index (κ1) is 14.1. The lowest BCUT2D eigenvalue weighted by atomic mass is 10.0. The first-order valence-electron chi connectivity index (χ1n) is 6.10. The number of nitrogen functional groups attached to an aromatic ring is 1. The Morgan fingerprint density at radius 3 is 2.67 bits per heavy atom. The van der Waals surface area contributed by atoms with E-state index in [1.165, 1.54) is 0 Å². The van der Waals surface area contributed by atoms with Gasteiger partial charge in [-0.2, -0.15) is 0 Å². The highest BCUT2D eigenvalue weighted by Gasteiger charge is 2.14. The Bertz CT molecular complexity index is 486. The molecule has 1 aromatic carbocycles. The lowest BCUT2D eigenvalue weighted by molar-refractivity contribution is 0.0936. The maximum absolute atomic E-state index is 12.1. The summed E-state index contributed by atoms with van der Waals surface area (Å²) < 4.78 is 0. The van der Waals surface area contributed by atoms with Crippen molar-refractivity contribution in [3.05, 3.63) is 28.8 Å². The van der Waals surface area contributed by atoms with Crippen LogP contribution in [0.25, 0.3) is 0 Å². The zero-order valence-electron chi connectivity index (χ0n) is 11.2. The minimum absolute atomic E-state index is 0.0180. The molecule has 3 heteroatoms. The lowest BCUT2D eigenvalue weighted by Crippen LogP contribution is -2.34. The smallest absolute Gasteiger partial charge is 0.251 e. The van der Waals surface area contributed by atoms with Gasteiger partial charge >= 0.3 is 0 Å². The minimum atomic E-state index is -0.110. The van der Waals surface area contributed by atoms with Crippen LogP contribution in [0.1, 0.15) is 41.3 Å². The molecule has 0 aliphatic rings. The van der Waals surface area contributed by atoms with Crippen LogP contribution in [0.15, 0.2) is 12.1 Å². The Hall–Kier alpha value is -1.95. The van der Waals surface area contributed by atoms with Crippen molar-refractivity contribution >= 4 is 11.6 Å². The average Bonchev–Trinajstić information content (AvgIpc) is 2.33. The molecule has 0 heterocycles. The summed E-state index contributed by atoms with van der Waals surface area (Å²) in [6.07, 6.45) is 6.63. The number of hydrogen-bond donors (Lipinski definition) is 2. The number of amides is 1. The van der Waals surface area contributed by atoms with Crippen molar-refractivity contribution in [2.75, 3.05) is 5.73 Å². The van der Waals surface area contributed by atoms with E-state index < -0.39 is 0 Å². The highest BCUT2D eigenvalue weighted by molar-refractivity contribution is 5.96. The van der Waals surface area contributed by atoms with Gasteiger partial charge in [0.15, 0.2) is 0 Å². The lowest BCUT2D eigenvalue weighted by Gasteiger charge is -2.16. The number of aryl methyl sites for hydroxylation is 2. The van der Waals surface area contributed by atoms with Crippen molar-refractivity contribution in [3.8, 4) is 12.3 Å². The molecule has 3 N–H and O–H groups in total. The van der Waals surface area contributed by atoms with Crippen LogP contribution in [-0.4, -0.2) is 11.9 Å². The third-order valence-electron chi connectivity index (χ3n) is 3.05. The molecule has 0 aliphatic heterocycles. The number of nitrogens with one attached hydrogen (secondary N) is 1. The maximum Gasteiger partial charge on any atom is 0.251 e. The molecule has 0 aliphatic carbocycles. The molecular formula is C15H20N2O. The van der Waals surface area contributed by atoms with Gasteiger partial charge < -0.3 is 11.1 Å². The van der Waals surface area contributed by atoms with E-state index in [4.69, 9.17) is 12.2 Å². The minimum Gasteiger partial charge on any atom is -0.398 e. The molecule has 0 saturated heterocycles. The molecule has 0 bridgehead atoms. The first-order valence-corrected chi connectivity index (χ1v) is 6.10. The van der Waals surface area contributed by atoms with Gasteiger partial charge in [0.2, 0.25) is 0 Å². The van der Waals surface area contributed by atoms with Crippen LogP contribution in [-0.2, 0) is 0 Å². The first-order chi connectivity index (χ1) is 8.49. The topological polar surface area (TPSA) is 55.1 Å². The molecular weight excluding hydrogens is 224 g/mol. The zero-order valence-corrected chi connectivity index (χ0v) is 11.2. The molecule has 1 unspecified atom stereocenters. The van der Waals surface area contributed by atoms with E-state index in [0.29, 0.717) is 17.7 Å². The van der Waals surface area contributed by atoms with Crippen molar-refractivity contribution in [2.45, 2.75) is 39.7 Å². The van der Waals surface area contributed by atoms with Crippen LogP contribution in [0.5, 0.6) is 0 Å². The fourth-order valence-corrected chi connectivity index (χ4v) is 1.82. The summed E-state index contributed by atoms with van der Waals surface area (Å²) >= 11 is 0. The van der Waals surface area contributed by atoms with Crippen LogP contribution in [0, 0.1) is 26.2 Å². The number of carbonyl (C=O) groups is 1. The van der Waals surface area contributed by atoms with E-state index in [0.717, 1.165) is 17.5 Å². The average molecular weight is 244 g/mol. The van der Waals surface area contributed by atoms with Crippen LogP contribution in [0.3, 0.4) is 0 Å². The molecule has 96 valence electrons. The fourth-order valence-electron chi connectivity index (χ4n) is 1.82. The number of hydrogen-bond acceptors (Lipinski definition) is 2. The third kappa shape index (κ3) is 3.27. The summed E-state index contributed by atoms with van der Waals surface area (Å²) in [6, 6.07) is 3.67. The van der Waals surface area contributed by atoms with Crippen molar-refractivity contribution in [1.29, 1.82) is 0 Å². The number of rotatable bonds is 4. The van der Waals surface area contributed by atoms with E-state index in [2.05, 4.69) is 11.2 Å². The number of terminal acetylenes is 1. The number of carbonyl (C=O) groups excluding carboxylic acids is 1. The molecule has 1 aromatic rings. The van der Waals surface area contributed by atoms with Crippen molar-refractivity contribution in [3.63, 3.8) is 0 Å². The molecule has 3 nitrogen and oxygen atoms in total. The van der Waals surface area contributed by atoms with Crippen LogP contribution < -0.4 is 11.1 Å². The fraction of sp³-hybridized carbons (Fsp3) is 0.400. The second-order valence-corrected chi connectivity index (χ2v) is 4.51. The van der Waals surface area contributed by atoms with Crippen LogP contribution in [0.2, 0.25) is 0 Å². The Kier molecular flexibility index (Phi) is 4.79. The highest BCUT2D eigenvalue weighted by atomic mass is 16.1. The molecule has 1 atom stereocenters. The summed E-state index contributed by atoms with van der Waals surface area (Å²) in [5, 5.41) is 2.93. The quantitative estimate of drug-likeness (QED) is 0.631. The van der Waals surface area contributed by atoms with Gasteiger partial charge in [-0.3, -0.25) is 4.79 Å². The van der Waals surface area contributed by atoms with Gasteiger partial charge in [0.05, 0.1) is 0 Å². The summed E-state index contributed by atoms with van der Waals surface area (Å²) in [4.78, 5) is 12.1. The second-order valence-electron chi connectivity index (χ2n) is 4.51. The van der Waals surface area contributed by atoms with Crippen LogP contribution >= 0.6 is 0 Å². The largest absolute Gasteiger partial charge is 0.398 e. The number of nitrogens with two attached hydrogens (primary N) is 1. The third-order valence-corrected chi connectivity index (χ3v) is 3.05. The van der Waals surface area contributed by atoms with E-state index in [9.17, 15) is 4.79 Å². The SMILES string of the molecule is C#CCC(CC)NC(=O)c1cc(N)c(C)cc1C. The zero-order chi connectivity index (χ0) is 13.7. The second kappa shape index (κ2) is 6.11.